The van der Waals surface area contributed by atoms with E-state index in [-0.39, 0.29) is 12.5 Å². The van der Waals surface area contributed by atoms with E-state index in [4.69, 9.17) is 0 Å². The standard InChI is InChI=1S/C12H13F2N3/c1-9(10-2-5-15-6-3-10)11-4-7-17(16-11)8-12(13)14/h2-7,9,12H,8H2,1H3/t9-/m1/s1. The van der Waals surface area contributed by atoms with E-state index >= 15 is 0 Å². The van der Waals surface area contributed by atoms with Crippen molar-refractivity contribution < 1.29 is 8.78 Å². The van der Waals surface area contributed by atoms with Crippen molar-refractivity contribution in [3.63, 3.8) is 0 Å². The lowest BCUT2D eigenvalue weighted by molar-refractivity contribution is 0.121. The first kappa shape index (κ1) is 11.7. The van der Waals surface area contributed by atoms with Gasteiger partial charge in [0.25, 0.3) is 6.43 Å². The molecule has 2 rings (SSSR count). The highest BCUT2D eigenvalue weighted by molar-refractivity contribution is 5.24. The quantitative estimate of drug-likeness (QED) is 0.818. The topological polar surface area (TPSA) is 30.7 Å². The maximum atomic E-state index is 12.2. The fourth-order valence-corrected chi connectivity index (χ4v) is 1.67. The fourth-order valence-electron chi connectivity index (χ4n) is 1.67. The van der Waals surface area contributed by atoms with Crippen molar-refractivity contribution in [1.82, 2.24) is 14.8 Å². The molecule has 90 valence electrons. The maximum absolute atomic E-state index is 12.2. The molecule has 0 unspecified atom stereocenters. The van der Waals surface area contributed by atoms with Crippen molar-refractivity contribution in [2.75, 3.05) is 0 Å². The molecule has 1 atom stereocenters. The van der Waals surface area contributed by atoms with E-state index < -0.39 is 6.43 Å². The molecule has 0 saturated heterocycles. The van der Waals surface area contributed by atoms with E-state index in [2.05, 4.69) is 10.1 Å². The highest BCUT2D eigenvalue weighted by Crippen LogP contribution is 2.21. The number of rotatable bonds is 4. The molecule has 0 N–H and O–H groups in total. The molecule has 2 aromatic heterocycles. The van der Waals surface area contributed by atoms with Crippen molar-refractivity contribution in [2.45, 2.75) is 25.8 Å². The molecule has 3 nitrogen and oxygen atoms in total. The third-order valence-electron chi connectivity index (χ3n) is 2.64. The van der Waals surface area contributed by atoms with Crippen molar-refractivity contribution in [3.05, 3.63) is 48.0 Å². The van der Waals surface area contributed by atoms with E-state index in [1.54, 1.807) is 24.7 Å². The van der Waals surface area contributed by atoms with Crippen LogP contribution < -0.4 is 0 Å². The fraction of sp³-hybridized carbons (Fsp3) is 0.333. The number of hydrogen-bond acceptors (Lipinski definition) is 2. The van der Waals surface area contributed by atoms with Gasteiger partial charge in [-0.25, -0.2) is 8.78 Å². The molecule has 0 aliphatic heterocycles. The van der Waals surface area contributed by atoms with Gasteiger partial charge in [-0.1, -0.05) is 6.92 Å². The van der Waals surface area contributed by atoms with Crippen LogP contribution in [0.1, 0.15) is 24.1 Å². The normalized spacial score (nSPS) is 12.9. The maximum Gasteiger partial charge on any atom is 0.257 e. The van der Waals surface area contributed by atoms with Crippen LogP contribution in [0.3, 0.4) is 0 Å². The Morgan fingerprint density at radius 1 is 1.24 bits per heavy atom. The minimum absolute atomic E-state index is 0.0805. The van der Waals surface area contributed by atoms with Crippen LogP contribution in [0.5, 0.6) is 0 Å². The smallest absolute Gasteiger partial charge is 0.257 e. The van der Waals surface area contributed by atoms with Crippen LogP contribution in [0.25, 0.3) is 0 Å². The zero-order valence-corrected chi connectivity index (χ0v) is 9.42. The van der Waals surface area contributed by atoms with Gasteiger partial charge in [0.05, 0.1) is 5.69 Å². The van der Waals surface area contributed by atoms with Gasteiger partial charge < -0.3 is 0 Å². The van der Waals surface area contributed by atoms with E-state index in [0.29, 0.717) is 0 Å². The molecular formula is C12H13F2N3. The third-order valence-corrected chi connectivity index (χ3v) is 2.64. The van der Waals surface area contributed by atoms with Gasteiger partial charge in [0.1, 0.15) is 6.54 Å². The molecule has 5 heteroatoms. The first-order valence-corrected chi connectivity index (χ1v) is 5.38. The Balaban J connectivity index is 2.15. The Bertz CT molecular complexity index is 468. The van der Waals surface area contributed by atoms with E-state index in [9.17, 15) is 8.78 Å². The molecule has 0 radical (unpaired) electrons. The number of halogens is 2. The summed E-state index contributed by atoms with van der Waals surface area (Å²) in [5.41, 5.74) is 1.86. The van der Waals surface area contributed by atoms with Crippen LogP contribution in [0.15, 0.2) is 36.8 Å². The molecule has 0 aromatic carbocycles. The van der Waals surface area contributed by atoms with Gasteiger partial charge in [-0.2, -0.15) is 5.10 Å². The molecule has 0 fully saturated rings. The second-order valence-electron chi connectivity index (χ2n) is 3.86. The van der Waals surface area contributed by atoms with Crippen LogP contribution in [0.2, 0.25) is 0 Å². The average Bonchev–Trinajstić information content (AvgIpc) is 2.77. The zero-order chi connectivity index (χ0) is 12.3. The van der Waals surface area contributed by atoms with Crippen molar-refractivity contribution >= 4 is 0 Å². The number of hydrogen-bond donors (Lipinski definition) is 0. The van der Waals surface area contributed by atoms with Gasteiger partial charge in [-0.05, 0) is 23.8 Å². The molecule has 0 bridgehead atoms. The van der Waals surface area contributed by atoms with Crippen LogP contribution in [-0.2, 0) is 6.54 Å². The number of aromatic nitrogens is 3. The van der Waals surface area contributed by atoms with E-state index in [0.717, 1.165) is 11.3 Å². The summed E-state index contributed by atoms with van der Waals surface area (Å²) in [5.74, 6) is 0.0805. The van der Waals surface area contributed by atoms with Gasteiger partial charge >= 0.3 is 0 Å². The molecule has 0 aliphatic carbocycles. The monoisotopic (exact) mass is 237 g/mol. The molecule has 0 spiro atoms. The molecule has 0 aliphatic rings. The Labute approximate surface area is 98.1 Å². The van der Waals surface area contributed by atoms with Gasteiger partial charge in [0.2, 0.25) is 0 Å². The van der Waals surface area contributed by atoms with E-state index in [1.807, 2.05) is 19.1 Å². The van der Waals surface area contributed by atoms with E-state index in [1.165, 1.54) is 4.68 Å². The summed E-state index contributed by atoms with van der Waals surface area (Å²) >= 11 is 0. The summed E-state index contributed by atoms with van der Waals surface area (Å²) in [6.07, 6.45) is 2.63. The number of nitrogens with zero attached hydrogens (tertiary/aromatic N) is 3. The second kappa shape index (κ2) is 5.03. The SMILES string of the molecule is C[C@H](c1ccncc1)c1ccn(CC(F)F)n1. The van der Waals surface area contributed by atoms with Crippen molar-refractivity contribution in [2.24, 2.45) is 0 Å². The summed E-state index contributed by atoms with van der Waals surface area (Å²) in [4.78, 5) is 3.94. The minimum atomic E-state index is -2.38. The first-order valence-electron chi connectivity index (χ1n) is 5.38. The summed E-state index contributed by atoms with van der Waals surface area (Å²) in [6.45, 7) is 1.63. The predicted molar refractivity (Wildman–Crippen MR) is 60.0 cm³/mol. The highest BCUT2D eigenvalue weighted by atomic mass is 19.3. The Hall–Kier alpha value is -1.78. The molecular weight excluding hydrogens is 224 g/mol. The molecule has 2 heterocycles. The lowest BCUT2D eigenvalue weighted by atomic mass is 9.99. The van der Waals surface area contributed by atoms with Crippen LogP contribution in [-0.4, -0.2) is 21.2 Å². The van der Waals surface area contributed by atoms with Gasteiger partial charge in [0.15, 0.2) is 0 Å². The van der Waals surface area contributed by atoms with Crippen molar-refractivity contribution in [1.29, 1.82) is 0 Å². The first-order chi connectivity index (χ1) is 8.16. The van der Waals surface area contributed by atoms with Crippen LogP contribution >= 0.6 is 0 Å². The van der Waals surface area contributed by atoms with Gasteiger partial charge in [-0.3, -0.25) is 9.67 Å². The van der Waals surface area contributed by atoms with Gasteiger partial charge in [-0.15, -0.1) is 0 Å². The molecule has 2 aromatic rings. The lowest BCUT2D eigenvalue weighted by Crippen LogP contribution is -2.08. The Morgan fingerprint density at radius 2 is 1.94 bits per heavy atom. The largest absolute Gasteiger partial charge is 0.267 e. The van der Waals surface area contributed by atoms with Crippen LogP contribution in [0.4, 0.5) is 8.78 Å². The minimum Gasteiger partial charge on any atom is -0.267 e. The zero-order valence-electron chi connectivity index (χ0n) is 9.42. The highest BCUT2D eigenvalue weighted by Gasteiger charge is 2.12. The summed E-state index contributed by atoms with van der Waals surface area (Å²) in [5, 5.41) is 4.14. The average molecular weight is 237 g/mol. The lowest BCUT2D eigenvalue weighted by Gasteiger charge is -2.08. The molecule has 0 saturated carbocycles. The predicted octanol–water partition coefficient (Wildman–Crippen LogP) is 2.70. The Kier molecular flexibility index (Phi) is 3.46. The molecule has 0 amide bonds. The molecule has 17 heavy (non-hydrogen) atoms. The summed E-state index contributed by atoms with van der Waals surface area (Å²) in [7, 11) is 0. The summed E-state index contributed by atoms with van der Waals surface area (Å²) in [6, 6.07) is 5.57. The summed E-state index contributed by atoms with van der Waals surface area (Å²) < 4.78 is 25.6. The van der Waals surface area contributed by atoms with Crippen molar-refractivity contribution in [3.8, 4) is 0 Å². The number of pyridine rings is 1. The number of alkyl halides is 2. The second-order valence-corrected chi connectivity index (χ2v) is 3.86. The van der Waals surface area contributed by atoms with Crippen LogP contribution in [0, 0.1) is 0 Å². The third kappa shape index (κ3) is 2.87. The Morgan fingerprint density at radius 3 is 2.59 bits per heavy atom. The van der Waals surface area contributed by atoms with Gasteiger partial charge in [0, 0.05) is 24.5 Å².